The van der Waals surface area contributed by atoms with Crippen LogP contribution in [0.3, 0.4) is 0 Å². The van der Waals surface area contributed by atoms with E-state index in [0.29, 0.717) is 0 Å². The zero-order valence-electron chi connectivity index (χ0n) is 30.3. The third-order valence-electron chi connectivity index (χ3n) is 10.8. The van der Waals surface area contributed by atoms with Gasteiger partial charge in [-0.1, -0.05) is 146 Å². The Hall–Kier alpha value is -7.56. The van der Waals surface area contributed by atoms with E-state index < -0.39 is 0 Å². The van der Waals surface area contributed by atoms with E-state index in [2.05, 4.69) is 170 Å². The molecule has 7 aromatic carbocycles. The number of pyridine rings is 4. The van der Waals surface area contributed by atoms with Crippen LogP contribution in [0.15, 0.2) is 194 Å². The fourth-order valence-corrected chi connectivity index (χ4v) is 7.79. The lowest BCUT2D eigenvalue weighted by Crippen LogP contribution is -1.91. The van der Waals surface area contributed by atoms with Gasteiger partial charge in [0, 0.05) is 43.8 Å². The highest BCUT2D eigenvalue weighted by Gasteiger charge is 2.11. The fraction of sp³-hybridized carbons (Fsp3) is 0. The second-order valence-corrected chi connectivity index (χ2v) is 14.3. The molecule has 0 fully saturated rings. The van der Waals surface area contributed by atoms with E-state index in [9.17, 15) is 0 Å². The average molecular weight is 713 g/mol. The van der Waals surface area contributed by atoms with Crippen molar-refractivity contribution < 1.29 is 0 Å². The van der Waals surface area contributed by atoms with Crippen LogP contribution >= 0.6 is 0 Å². The molecule has 0 bridgehead atoms. The Kier molecular flexibility index (Phi) is 7.46. The Morgan fingerprint density at radius 2 is 0.571 bits per heavy atom. The number of rotatable bonds is 5. The van der Waals surface area contributed by atoms with Gasteiger partial charge in [0.15, 0.2) is 0 Å². The average Bonchev–Trinajstić information content (AvgIpc) is 3.28. The number of hydrogen-bond acceptors (Lipinski definition) is 4. The maximum absolute atomic E-state index is 5.19. The largest absolute Gasteiger partial charge is 0.248 e. The number of aromatic nitrogens is 4. The summed E-state index contributed by atoms with van der Waals surface area (Å²) in [5.74, 6) is 0. The third kappa shape index (κ3) is 5.72. The molecule has 4 nitrogen and oxygen atoms in total. The van der Waals surface area contributed by atoms with E-state index in [0.717, 1.165) is 105 Å². The van der Waals surface area contributed by atoms with Crippen LogP contribution in [0.2, 0.25) is 0 Å². The molecule has 0 unspecified atom stereocenters. The third-order valence-corrected chi connectivity index (χ3v) is 10.8. The topological polar surface area (TPSA) is 51.6 Å². The fourth-order valence-electron chi connectivity index (χ4n) is 7.79. The molecule has 4 heterocycles. The van der Waals surface area contributed by atoms with Gasteiger partial charge in [-0.25, -0.2) is 19.9 Å². The summed E-state index contributed by atoms with van der Waals surface area (Å²) in [5.41, 5.74) is 14.1. The van der Waals surface area contributed by atoms with Gasteiger partial charge in [0.05, 0.1) is 44.8 Å². The molecule has 0 amide bonds. The van der Waals surface area contributed by atoms with Crippen molar-refractivity contribution in [2.24, 2.45) is 0 Å². The van der Waals surface area contributed by atoms with E-state index in [-0.39, 0.29) is 0 Å². The van der Waals surface area contributed by atoms with Gasteiger partial charge >= 0.3 is 0 Å². The van der Waals surface area contributed by atoms with E-state index >= 15 is 0 Å². The zero-order chi connectivity index (χ0) is 37.0. The van der Waals surface area contributed by atoms with Crippen molar-refractivity contribution >= 4 is 54.4 Å². The molecule has 4 aromatic heterocycles. The van der Waals surface area contributed by atoms with E-state index in [1.165, 1.54) is 5.56 Å². The molecule has 0 saturated carbocycles. The quantitative estimate of drug-likeness (QED) is 0.167. The molecular weight excluding hydrogens is 681 g/mol. The van der Waals surface area contributed by atoms with Gasteiger partial charge in [-0.15, -0.1) is 0 Å². The SMILES string of the molecule is c1ccc(-c2ccc3ccc(-c4ccc5ccc(-c6ccc7cc(-c8ccc9ccc%10ccc(-c%11ccccc%11)nc%10c9n8)ccc7c6)nc5c4)nc3c2)cc1. The molecule has 0 atom stereocenters. The van der Waals surface area contributed by atoms with Crippen LogP contribution in [0.25, 0.3) is 111 Å². The van der Waals surface area contributed by atoms with Crippen LogP contribution in [-0.4, -0.2) is 19.9 Å². The molecule has 0 aliphatic carbocycles. The van der Waals surface area contributed by atoms with Gasteiger partial charge in [-0.3, -0.25) is 0 Å². The Balaban J connectivity index is 0.912. The van der Waals surface area contributed by atoms with Crippen molar-refractivity contribution in [3.8, 4) is 56.2 Å². The van der Waals surface area contributed by atoms with Crippen LogP contribution in [0, 0.1) is 0 Å². The molecule has 0 saturated heterocycles. The van der Waals surface area contributed by atoms with Crippen LogP contribution < -0.4 is 0 Å². The van der Waals surface area contributed by atoms with Crippen molar-refractivity contribution in [1.82, 2.24) is 19.9 Å². The molecule has 0 N–H and O–H groups in total. The smallest absolute Gasteiger partial charge is 0.0972 e. The summed E-state index contributed by atoms with van der Waals surface area (Å²) in [4.78, 5) is 20.5. The monoisotopic (exact) mass is 712 g/mol. The first-order valence-corrected chi connectivity index (χ1v) is 18.9. The van der Waals surface area contributed by atoms with Crippen LogP contribution in [0.5, 0.6) is 0 Å². The number of hydrogen-bond donors (Lipinski definition) is 0. The molecule has 11 rings (SSSR count). The second kappa shape index (κ2) is 13.1. The van der Waals surface area contributed by atoms with E-state index in [1.807, 2.05) is 24.3 Å². The minimum atomic E-state index is 0.910. The summed E-state index contributed by atoms with van der Waals surface area (Å²) in [6, 6.07) is 68.0. The molecule has 56 heavy (non-hydrogen) atoms. The van der Waals surface area contributed by atoms with E-state index in [1.54, 1.807) is 0 Å². The van der Waals surface area contributed by atoms with Crippen molar-refractivity contribution in [2.45, 2.75) is 0 Å². The molecule has 0 aliphatic rings. The predicted octanol–water partition coefficient (Wildman–Crippen LogP) is 13.4. The summed E-state index contributed by atoms with van der Waals surface area (Å²) in [6.45, 7) is 0. The zero-order valence-corrected chi connectivity index (χ0v) is 30.3. The first kappa shape index (κ1) is 31.9. The lowest BCUT2D eigenvalue weighted by molar-refractivity contribution is 1.37. The van der Waals surface area contributed by atoms with Gasteiger partial charge in [0.2, 0.25) is 0 Å². The Bertz CT molecular complexity index is 3300. The number of benzene rings is 7. The highest BCUT2D eigenvalue weighted by atomic mass is 14.8. The Labute approximate surface area is 323 Å². The molecule has 0 aliphatic heterocycles. The van der Waals surface area contributed by atoms with Crippen LogP contribution in [0.4, 0.5) is 0 Å². The van der Waals surface area contributed by atoms with Gasteiger partial charge in [-0.2, -0.15) is 0 Å². The molecule has 4 heteroatoms. The molecule has 0 spiro atoms. The molecule has 11 aromatic rings. The summed E-state index contributed by atoms with van der Waals surface area (Å²) < 4.78 is 0. The highest BCUT2D eigenvalue weighted by Crippen LogP contribution is 2.33. The summed E-state index contributed by atoms with van der Waals surface area (Å²) >= 11 is 0. The lowest BCUT2D eigenvalue weighted by Gasteiger charge is -2.10. The highest BCUT2D eigenvalue weighted by molar-refractivity contribution is 6.04. The number of fused-ring (bicyclic) bond motifs is 6. The minimum absolute atomic E-state index is 0.910. The van der Waals surface area contributed by atoms with Crippen molar-refractivity contribution in [2.75, 3.05) is 0 Å². The summed E-state index contributed by atoms with van der Waals surface area (Å²) in [6.07, 6.45) is 0. The molecular formula is C52H32N4. The van der Waals surface area contributed by atoms with Crippen molar-refractivity contribution in [3.63, 3.8) is 0 Å². The van der Waals surface area contributed by atoms with Gasteiger partial charge in [-0.05, 0) is 70.4 Å². The van der Waals surface area contributed by atoms with Gasteiger partial charge < -0.3 is 0 Å². The predicted molar refractivity (Wildman–Crippen MR) is 232 cm³/mol. The molecule has 260 valence electrons. The lowest BCUT2D eigenvalue weighted by atomic mass is 10.00. The first-order valence-electron chi connectivity index (χ1n) is 18.9. The second-order valence-electron chi connectivity index (χ2n) is 14.3. The standard InChI is InChI=1S/C52H32N4/c1-3-7-33(8-4-1)41-15-11-35-22-26-47(54-49(35)31-41)44-18-12-36-21-25-46(53-50(36)32-44)42-19-16-40-30-43(20-17-39(40)29-42)48-28-24-38-14-13-37-23-27-45(34-9-5-2-6-10-34)55-51(37)52(38)56-48/h1-32H. The normalized spacial score (nSPS) is 11.6. The number of nitrogens with zero attached hydrogens (tertiary/aromatic N) is 4. The van der Waals surface area contributed by atoms with Crippen LogP contribution in [-0.2, 0) is 0 Å². The van der Waals surface area contributed by atoms with Gasteiger partial charge in [0.1, 0.15) is 0 Å². The first-order chi connectivity index (χ1) is 27.7. The van der Waals surface area contributed by atoms with Crippen LogP contribution in [0.1, 0.15) is 0 Å². The van der Waals surface area contributed by atoms with Crippen molar-refractivity contribution in [1.29, 1.82) is 0 Å². The summed E-state index contributed by atoms with van der Waals surface area (Å²) in [7, 11) is 0. The molecule has 0 radical (unpaired) electrons. The summed E-state index contributed by atoms with van der Waals surface area (Å²) in [5, 5.41) is 6.67. The van der Waals surface area contributed by atoms with Gasteiger partial charge in [0.25, 0.3) is 0 Å². The maximum atomic E-state index is 5.19. The van der Waals surface area contributed by atoms with Crippen molar-refractivity contribution in [3.05, 3.63) is 194 Å². The Morgan fingerprint density at radius 1 is 0.214 bits per heavy atom. The minimum Gasteiger partial charge on any atom is -0.248 e. The maximum Gasteiger partial charge on any atom is 0.0972 e. The Morgan fingerprint density at radius 3 is 1.11 bits per heavy atom. The van der Waals surface area contributed by atoms with E-state index in [4.69, 9.17) is 19.9 Å².